The highest BCUT2D eigenvalue weighted by Crippen LogP contribution is 2.39. The summed E-state index contributed by atoms with van der Waals surface area (Å²) < 4.78 is 59.5. The topological polar surface area (TPSA) is 107 Å². The Morgan fingerprint density at radius 2 is 1.87 bits per heavy atom. The number of nitrogens with zero attached hydrogens (tertiary/aromatic N) is 4. The molecule has 0 aliphatic heterocycles. The number of pyridine rings is 1. The largest absolute Gasteiger partial charge is 0.417 e. The standard InChI is InChI=1S/C20H16F4N6O/c1-9(2)17-29-19(31-30-17)13-7-6-10(8-26-13)15-16(25)28-18(27-15)14-11(20(22,23)24)4-3-5-12(14)21/h3-9H,25H2,1-2H3,(H,27,28). The lowest BCUT2D eigenvalue weighted by molar-refractivity contribution is -0.137. The molecule has 0 atom stereocenters. The van der Waals surface area contributed by atoms with Gasteiger partial charge in [0.05, 0.1) is 11.1 Å². The lowest BCUT2D eigenvalue weighted by atomic mass is 10.1. The maximum absolute atomic E-state index is 14.3. The van der Waals surface area contributed by atoms with Gasteiger partial charge in [0.15, 0.2) is 5.82 Å². The number of aromatic amines is 1. The van der Waals surface area contributed by atoms with E-state index < -0.39 is 23.1 Å². The highest BCUT2D eigenvalue weighted by Gasteiger charge is 2.36. The molecule has 4 aromatic rings. The molecule has 4 rings (SSSR count). The van der Waals surface area contributed by atoms with Crippen molar-refractivity contribution < 1.29 is 22.1 Å². The highest BCUT2D eigenvalue weighted by molar-refractivity contribution is 5.76. The maximum atomic E-state index is 14.3. The van der Waals surface area contributed by atoms with E-state index in [0.717, 1.165) is 18.2 Å². The van der Waals surface area contributed by atoms with Gasteiger partial charge in [0.2, 0.25) is 0 Å². The summed E-state index contributed by atoms with van der Waals surface area (Å²) in [6.07, 6.45) is -3.35. The average Bonchev–Trinajstić information content (AvgIpc) is 3.34. The van der Waals surface area contributed by atoms with E-state index in [9.17, 15) is 17.6 Å². The molecule has 0 saturated heterocycles. The van der Waals surface area contributed by atoms with Gasteiger partial charge >= 0.3 is 6.18 Å². The molecule has 31 heavy (non-hydrogen) atoms. The van der Waals surface area contributed by atoms with Crippen molar-refractivity contribution in [3.63, 3.8) is 0 Å². The number of rotatable bonds is 4. The van der Waals surface area contributed by atoms with Gasteiger partial charge in [-0.3, -0.25) is 4.98 Å². The number of hydrogen-bond donors (Lipinski definition) is 2. The first kappa shape index (κ1) is 20.5. The number of halogens is 4. The number of H-pyrrole nitrogens is 1. The Morgan fingerprint density at radius 3 is 2.48 bits per heavy atom. The fourth-order valence-electron chi connectivity index (χ4n) is 2.96. The number of anilines is 1. The van der Waals surface area contributed by atoms with E-state index >= 15 is 0 Å². The molecule has 3 N–H and O–H groups in total. The van der Waals surface area contributed by atoms with Crippen LogP contribution in [0.25, 0.3) is 34.2 Å². The third-order valence-corrected chi connectivity index (χ3v) is 4.50. The minimum absolute atomic E-state index is 0.0270. The van der Waals surface area contributed by atoms with Crippen molar-refractivity contribution in [3.8, 4) is 34.2 Å². The summed E-state index contributed by atoms with van der Waals surface area (Å²) >= 11 is 0. The first-order chi connectivity index (χ1) is 14.6. The van der Waals surface area contributed by atoms with Gasteiger partial charge in [-0.1, -0.05) is 25.1 Å². The fourth-order valence-corrected chi connectivity index (χ4v) is 2.96. The van der Waals surface area contributed by atoms with Crippen molar-refractivity contribution in [1.29, 1.82) is 0 Å². The van der Waals surface area contributed by atoms with Crippen molar-refractivity contribution in [2.75, 3.05) is 5.73 Å². The zero-order valence-electron chi connectivity index (χ0n) is 16.3. The first-order valence-electron chi connectivity index (χ1n) is 9.17. The summed E-state index contributed by atoms with van der Waals surface area (Å²) in [6.45, 7) is 3.84. The molecule has 0 bridgehead atoms. The Morgan fingerprint density at radius 1 is 1.10 bits per heavy atom. The van der Waals surface area contributed by atoms with Gasteiger partial charge in [-0.2, -0.15) is 18.2 Å². The number of aromatic nitrogens is 5. The predicted molar refractivity (Wildman–Crippen MR) is 104 cm³/mol. The normalized spacial score (nSPS) is 12.0. The van der Waals surface area contributed by atoms with E-state index in [0.29, 0.717) is 17.1 Å². The Hall–Kier alpha value is -3.76. The van der Waals surface area contributed by atoms with Crippen LogP contribution in [0.3, 0.4) is 0 Å². The smallest absolute Gasteiger partial charge is 0.383 e. The molecule has 0 amide bonds. The van der Waals surface area contributed by atoms with Crippen molar-refractivity contribution in [3.05, 3.63) is 53.7 Å². The lowest BCUT2D eigenvalue weighted by Gasteiger charge is -2.11. The van der Waals surface area contributed by atoms with E-state index in [-0.39, 0.29) is 29.1 Å². The number of imidazole rings is 1. The van der Waals surface area contributed by atoms with E-state index in [1.54, 1.807) is 12.1 Å². The highest BCUT2D eigenvalue weighted by atomic mass is 19.4. The van der Waals surface area contributed by atoms with Crippen LogP contribution < -0.4 is 5.73 Å². The zero-order valence-corrected chi connectivity index (χ0v) is 16.3. The number of nitrogens with one attached hydrogen (secondary N) is 1. The predicted octanol–water partition coefficient (Wildman–Crippen LogP) is 5.05. The second-order valence-electron chi connectivity index (χ2n) is 7.05. The molecule has 0 aliphatic rings. The minimum Gasteiger partial charge on any atom is -0.383 e. The molecular formula is C20H16F4N6O. The fraction of sp³-hybridized carbons (Fsp3) is 0.200. The third-order valence-electron chi connectivity index (χ3n) is 4.50. The van der Waals surface area contributed by atoms with Gasteiger partial charge in [-0.05, 0) is 24.3 Å². The van der Waals surface area contributed by atoms with Crippen LogP contribution in [0.1, 0.15) is 31.2 Å². The summed E-state index contributed by atoms with van der Waals surface area (Å²) in [4.78, 5) is 15.1. The van der Waals surface area contributed by atoms with Crippen LogP contribution in [0.15, 0.2) is 41.1 Å². The second kappa shape index (κ2) is 7.49. The first-order valence-corrected chi connectivity index (χ1v) is 9.17. The summed E-state index contributed by atoms with van der Waals surface area (Å²) in [6, 6.07) is 5.88. The van der Waals surface area contributed by atoms with Gasteiger partial charge in [0.1, 0.15) is 28.8 Å². The number of benzene rings is 1. The van der Waals surface area contributed by atoms with E-state index in [1.807, 2.05) is 13.8 Å². The van der Waals surface area contributed by atoms with Gasteiger partial charge in [-0.15, -0.1) is 0 Å². The quantitative estimate of drug-likeness (QED) is 0.437. The van der Waals surface area contributed by atoms with Gasteiger partial charge in [-0.25, -0.2) is 9.37 Å². The van der Waals surface area contributed by atoms with E-state index in [2.05, 4.69) is 25.1 Å². The summed E-state index contributed by atoms with van der Waals surface area (Å²) in [7, 11) is 0. The monoisotopic (exact) mass is 432 g/mol. The minimum atomic E-state index is -4.76. The van der Waals surface area contributed by atoms with Crippen molar-refractivity contribution in [1.82, 2.24) is 25.1 Å². The van der Waals surface area contributed by atoms with Gasteiger partial charge in [0, 0.05) is 17.7 Å². The van der Waals surface area contributed by atoms with Crippen LogP contribution in [-0.4, -0.2) is 25.1 Å². The second-order valence-corrected chi connectivity index (χ2v) is 7.05. The van der Waals surface area contributed by atoms with Gasteiger partial charge < -0.3 is 15.2 Å². The Bertz CT molecular complexity index is 1230. The molecule has 0 radical (unpaired) electrons. The molecule has 11 heteroatoms. The molecule has 0 unspecified atom stereocenters. The van der Waals surface area contributed by atoms with Crippen molar-refractivity contribution >= 4 is 5.82 Å². The Balaban J connectivity index is 1.71. The van der Waals surface area contributed by atoms with Crippen LogP contribution in [0.4, 0.5) is 23.4 Å². The number of hydrogen-bond acceptors (Lipinski definition) is 6. The van der Waals surface area contributed by atoms with Crippen LogP contribution in [0.2, 0.25) is 0 Å². The summed E-state index contributed by atoms with van der Waals surface area (Å²) in [5.74, 6) is -0.583. The van der Waals surface area contributed by atoms with Crippen LogP contribution in [0.5, 0.6) is 0 Å². The lowest BCUT2D eigenvalue weighted by Crippen LogP contribution is -2.09. The SMILES string of the molecule is CC(C)c1noc(-c2ccc(-c3nc(-c4c(F)cccc4C(F)(F)F)[nH]c3N)cn2)n1. The summed E-state index contributed by atoms with van der Waals surface area (Å²) in [5, 5.41) is 3.87. The van der Waals surface area contributed by atoms with Crippen molar-refractivity contribution in [2.45, 2.75) is 25.9 Å². The maximum Gasteiger partial charge on any atom is 0.417 e. The van der Waals surface area contributed by atoms with Gasteiger partial charge in [0.25, 0.3) is 5.89 Å². The zero-order chi connectivity index (χ0) is 22.3. The summed E-state index contributed by atoms with van der Waals surface area (Å²) in [5.41, 5.74) is 5.02. The van der Waals surface area contributed by atoms with E-state index in [1.165, 1.54) is 6.20 Å². The molecule has 0 aliphatic carbocycles. The Kier molecular flexibility index (Phi) is 4.96. The molecule has 7 nitrogen and oxygen atoms in total. The van der Waals surface area contributed by atoms with E-state index in [4.69, 9.17) is 10.3 Å². The molecule has 3 heterocycles. The van der Waals surface area contributed by atoms with Crippen molar-refractivity contribution in [2.24, 2.45) is 0 Å². The number of nitrogens with two attached hydrogens (primary N) is 1. The molecule has 0 saturated carbocycles. The third kappa shape index (κ3) is 3.86. The number of alkyl halides is 3. The van der Waals surface area contributed by atoms with Crippen LogP contribution in [-0.2, 0) is 6.18 Å². The molecule has 160 valence electrons. The molecule has 0 fully saturated rings. The Labute approximate surface area is 173 Å². The van der Waals surface area contributed by atoms with Crippen LogP contribution >= 0.6 is 0 Å². The molecule has 3 aromatic heterocycles. The molecular weight excluding hydrogens is 416 g/mol. The molecule has 1 aromatic carbocycles. The number of nitrogen functional groups attached to an aromatic ring is 1. The van der Waals surface area contributed by atoms with Crippen LogP contribution in [0, 0.1) is 5.82 Å². The average molecular weight is 432 g/mol. The molecule has 0 spiro atoms.